The lowest BCUT2D eigenvalue weighted by molar-refractivity contribution is 0.423. The Bertz CT molecular complexity index is 362. The molecule has 1 saturated carbocycles. The molecular formula is C13H25N5S. The van der Waals surface area contributed by atoms with Crippen LogP contribution in [0.2, 0.25) is 0 Å². The third-order valence-electron chi connectivity index (χ3n) is 3.66. The van der Waals surface area contributed by atoms with E-state index in [2.05, 4.69) is 34.7 Å². The smallest absolute Gasteiger partial charge is 0.209 e. The van der Waals surface area contributed by atoms with Gasteiger partial charge in [-0.15, -0.1) is 5.10 Å². The van der Waals surface area contributed by atoms with Crippen LogP contribution in [0.25, 0.3) is 0 Å². The second-order valence-electron chi connectivity index (χ2n) is 5.34. The lowest BCUT2D eigenvalue weighted by Gasteiger charge is -2.13. The van der Waals surface area contributed by atoms with Crippen LogP contribution < -0.4 is 5.32 Å². The van der Waals surface area contributed by atoms with Crippen LogP contribution in [0.5, 0.6) is 0 Å². The molecule has 0 aliphatic heterocycles. The molecule has 1 aromatic heterocycles. The number of hydrogen-bond donors (Lipinski definition) is 1. The van der Waals surface area contributed by atoms with E-state index >= 15 is 0 Å². The number of nitrogens with zero attached hydrogens (tertiary/aromatic N) is 4. The van der Waals surface area contributed by atoms with Crippen LogP contribution in [0, 0.1) is 0 Å². The monoisotopic (exact) mass is 283 g/mol. The molecule has 0 spiro atoms. The van der Waals surface area contributed by atoms with E-state index in [1.165, 1.54) is 32.1 Å². The highest BCUT2D eigenvalue weighted by Crippen LogP contribution is 2.31. The Morgan fingerprint density at radius 2 is 2.21 bits per heavy atom. The summed E-state index contributed by atoms with van der Waals surface area (Å²) in [6.45, 7) is 5.55. The molecule has 1 unspecified atom stereocenters. The molecule has 1 fully saturated rings. The van der Waals surface area contributed by atoms with Gasteiger partial charge in [-0.1, -0.05) is 31.5 Å². The first-order chi connectivity index (χ1) is 9.31. The maximum absolute atomic E-state index is 4.16. The van der Waals surface area contributed by atoms with Gasteiger partial charge in [-0.3, -0.25) is 0 Å². The van der Waals surface area contributed by atoms with E-state index in [0.717, 1.165) is 23.9 Å². The molecular weight excluding hydrogens is 258 g/mol. The molecule has 1 aliphatic rings. The fraction of sp³-hybridized carbons (Fsp3) is 0.923. The highest BCUT2D eigenvalue weighted by atomic mass is 32.2. The number of hydrogen-bond acceptors (Lipinski definition) is 5. The zero-order valence-corrected chi connectivity index (χ0v) is 12.8. The zero-order valence-electron chi connectivity index (χ0n) is 12.0. The van der Waals surface area contributed by atoms with Crippen molar-refractivity contribution in [3.63, 3.8) is 0 Å². The van der Waals surface area contributed by atoms with Crippen molar-refractivity contribution in [3.8, 4) is 0 Å². The van der Waals surface area contributed by atoms with Crippen LogP contribution in [0.3, 0.4) is 0 Å². The molecule has 1 atom stereocenters. The molecule has 108 valence electrons. The van der Waals surface area contributed by atoms with Gasteiger partial charge in [-0.2, -0.15) is 0 Å². The molecule has 0 aromatic carbocycles. The molecule has 6 heteroatoms. The molecule has 1 heterocycles. The van der Waals surface area contributed by atoms with Gasteiger partial charge >= 0.3 is 0 Å². The van der Waals surface area contributed by atoms with Crippen molar-refractivity contribution >= 4 is 11.8 Å². The fourth-order valence-electron chi connectivity index (χ4n) is 2.48. The average molecular weight is 283 g/mol. The van der Waals surface area contributed by atoms with Crippen LogP contribution in [-0.4, -0.2) is 38.5 Å². The van der Waals surface area contributed by atoms with Crippen molar-refractivity contribution in [2.75, 3.05) is 12.3 Å². The lowest BCUT2D eigenvalue weighted by Crippen LogP contribution is -2.27. The topological polar surface area (TPSA) is 55.6 Å². The molecule has 5 nitrogen and oxygen atoms in total. The Hall–Kier alpha value is -0.620. The molecule has 1 aromatic rings. The first kappa shape index (κ1) is 14.8. The van der Waals surface area contributed by atoms with E-state index in [1.807, 2.05) is 4.68 Å². The minimum Gasteiger partial charge on any atom is -0.314 e. The molecule has 0 amide bonds. The Morgan fingerprint density at radius 3 is 2.95 bits per heavy atom. The van der Waals surface area contributed by atoms with Crippen molar-refractivity contribution in [1.29, 1.82) is 0 Å². The maximum atomic E-state index is 4.16. The lowest BCUT2D eigenvalue weighted by atomic mass is 10.2. The summed E-state index contributed by atoms with van der Waals surface area (Å²) in [6.07, 6.45) is 7.43. The molecule has 0 saturated heterocycles. The number of nitrogens with one attached hydrogen (secondary N) is 1. The van der Waals surface area contributed by atoms with E-state index in [-0.39, 0.29) is 0 Å². The molecule has 1 aliphatic carbocycles. The number of tetrazole rings is 1. The quantitative estimate of drug-likeness (QED) is 0.743. The van der Waals surface area contributed by atoms with Gasteiger partial charge in [0.1, 0.15) is 0 Å². The van der Waals surface area contributed by atoms with Gasteiger partial charge in [0.05, 0.1) is 6.04 Å². The van der Waals surface area contributed by atoms with Crippen molar-refractivity contribution in [1.82, 2.24) is 25.5 Å². The van der Waals surface area contributed by atoms with E-state index in [9.17, 15) is 0 Å². The first-order valence-corrected chi connectivity index (χ1v) is 8.44. The first-order valence-electron chi connectivity index (χ1n) is 7.45. The standard InChI is InChI=1S/C13H25N5S/c1-3-9-14-11(2)8-10-19-13-15-16-17-18(13)12-6-4-5-7-12/h11-12,14H,3-10H2,1-2H3. The molecule has 2 rings (SSSR count). The Morgan fingerprint density at radius 1 is 1.42 bits per heavy atom. The average Bonchev–Trinajstić information content (AvgIpc) is 3.06. The summed E-state index contributed by atoms with van der Waals surface area (Å²) in [6, 6.07) is 1.11. The van der Waals surface area contributed by atoms with Crippen LogP contribution in [0.1, 0.15) is 58.4 Å². The number of thioether (sulfide) groups is 1. The Balaban J connectivity index is 1.75. The molecule has 1 N–H and O–H groups in total. The predicted molar refractivity (Wildman–Crippen MR) is 78.4 cm³/mol. The highest BCUT2D eigenvalue weighted by molar-refractivity contribution is 7.99. The van der Waals surface area contributed by atoms with E-state index in [0.29, 0.717) is 12.1 Å². The van der Waals surface area contributed by atoms with Crippen molar-refractivity contribution in [2.45, 2.75) is 69.6 Å². The van der Waals surface area contributed by atoms with Gasteiger partial charge in [0.25, 0.3) is 0 Å². The second kappa shape index (κ2) is 7.85. The predicted octanol–water partition coefficient (Wildman–Crippen LogP) is 2.66. The SMILES string of the molecule is CCCNC(C)CCSc1nnnn1C1CCCC1. The Kier molecular flexibility index (Phi) is 6.10. The summed E-state index contributed by atoms with van der Waals surface area (Å²) >= 11 is 1.79. The maximum Gasteiger partial charge on any atom is 0.209 e. The minimum absolute atomic E-state index is 0.535. The van der Waals surface area contributed by atoms with E-state index < -0.39 is 0 Å². The van der Waals surface area contributed by atoms with Crippen LogP contribution in [0.4, 0.5) is 0 Å². The third kappa shape index (κ3) is 4.45. The van der Waals surface area contributed by atoms with Gasteiger partial charge in [0.15, 0.2) is 0 Å². The zero-order chi connectivity index (χ0) is 13.5. The van der Waals surface area contributed by atoms with Crippen molar-refractivity contribution in [3.05, 3.63) is 0 Å². The summed E-state index contributed by atoms with van der Waals surface area (Å²) in [5.74, 6) is 1.07. The number of aromatic nitrogens is 4. The molecule has 0 bridgehead atoms. The van der Waals surface area contributed by atoms with E-state index in [1.54, 1.807) is 11.8 Å². The van der Waals surface area contributed by atoms with Crippen LogP contribution >= 0.6 is 11.8 Å². The third-order valence-corrected chi connectivity index (χ3v) is 4.62. The molecule has 19 heavy (non-hydrogen) atoms. The summed E-state index contributed by atoms with van der Waals surface area (Å²) in [7, 11) is 0. The second-order valence-corrected chi connectivity index (χ2v) is 6.40. The minimum atomic E-state index is 0.535. The highest BCUT2D eigenvalue weighted by Gasteiger charge is 2.21. The largest absolute Gasteiger partial charge is 0.314 e. The molecule has 0 radical (unpaired) electrons. The van der Waals surface area contributed by atoms with Gasteiger partial charge in [0.2, 0.25) is 5.16 Å². The van der Waals surface area contributed by atoms with Crippen molar-refractivity contribution in [2.24, 2.45) is 0 Å². The van der Waals surface area contributed by atoms with E-state index in [4.69, 9.17) is 0 Å². The van der Waals surface area contributed by atoms with Crippen molar-refractivity contribution < 1.29 is 0 Å². The number of rotatable bonds is 8. The van der Waals surface area contributed by atoms with Crippen LogP contribution in [0.15, 0.2) is 5.16 Å². The summed E-state index contributed by atoms with van der Waals surface area (Å²) in [5, 5.41) is 16.7. The fourth-order valence-corrected chi connectivity index (χ4v) is 3.54. The Labute approximate surface area is 119 Å². The normalized spacial score (nSPS) is 18.0. The van der Waals surface area contributed by atoms with Gasteiger partial charge < -0.3 is 5.32 Å². The summed E-state index contributed by atoms with van der Waals surface area (Å²) < 4.78 is 2.04. The summed E-state index contributed by atoms with van der Waals surface area (Å²) in [4.78, 5) is 0. The van der Waals surface area contributed by atoms with Crippen LogP contribution in [-0.2, 0) is 0 Å². The van der Waals surface area contributed by atoms with Gasteiger partial charge in [0, 0.05) is 11.8 Å². The van der Waals surface area contributed by atoms with Gasteiger partial charge in [-0.25, -0.2) is 4.68 Å². The van der Waals surface area contributed by atoms with Gasteiger partial charge in [-0.05, 0) is 49.6 Å². The summed E-state index contributed by atoms with van der Waals surface area (Å²) in [5.41, 5.74) is 0.